The van der Waals surface area contributed by atoms with Crippen LogP contribution in [0.3, 0.4) is 0 Å². The highest BCUT2D eigenvalue weighted by molar-refractivity contribution is 7.92. The number of nitrogens with zero attached hydrogens (tertiary/aromatic N) is 5. The molecule has 2 amide bonds. The van der Waals surface area contributed by atoms with E-state index in [1.807, 2.05) is 4.90 Å². The van der Waals surface area contributed by atoms with Gasteiger partial charge in [-0.25, -0.2) is 26.6 Å². The number of aromatic nitrogens is 2. The van der Waals surface area contributed by atoms with Crippen molar-refractivity contribution in [2.75, 3.05) is 67.2 Å². The van der Waals surface area contributed by atoms with Gasteiger partial charge in [-0.15, -0.1) is 0 Å². The van der Waals surface area contributed by atoms with Gasteiger partial charge in [0.05, 0.1) is 28.9 Å². The topological polar surface area (TPSA) is 180 Å². The lowest BCUT2D eigenvalue weighted by Gasteiger charge is -2.34. The normalized spacial score (nSPS) is 13.8. The highest BCUT2D eigenvalue weighted by Gasteiger charge is 2.29. The molecule has 2 N–H and O–H groups in total. The zero-order valence-corrected chi connectivity index (χ0v) is 30.4. The van der Waals surface area contributed by atoms with Gasteiger partial charge in [0.15, 0.2) is 6.61 Å². The van der Waals surface area contributed by atoms with Crippen molar-refractivity contribution in [3.05, 3.63) is 65.9 Å². The van der Waals surface area contributed by atoms with Gasteiger partial charge in [0.25, 0.3) is 5.91 Å². The fourth-order valence-corrected chi connectivity index (χ4v) is 6.67. The van der Waals surface area contributed by atoms with E-state index in [0.29, 0.717) is 30.3 Å². The average molecular weight is 728 g/mol. The first-order valence-corrected chi connectivity index (χ1v) is 18.8. The Morgan fingerprint density at radius 3 is 2.26 bits per heavy atom. The lowest BCUT2D eigenvalue weighted by atomic mass is 10.1. The van der Waals surface area contributed by atoms with Crippen molar-refractivity contribution < 1.29 is 35.9 Å². The van der Waals surface area contributed by atoms with Gasteiger partial charge >= 0.3 is 12.1 Å². The standard InChI is InChI=1S/C33H41N7O8S2/c1-24-23-29(37-31(35-24)47-22-10-9-17-34-32(42)48-33(2,3)4)39-18-20-40(21-19-39)50(45,46)26-15-13-25(14-16-26)36-30(41)27-11-7-8-12-28(27)38(5)49(6,43)44/h7-8,11-16,23H,17-22H2,1-6H3,(H,34,42)(H,36,41). The Kier molecular flexibility index (Phi) is 11.9. The Bertz CT molecular complexity index is 1980. The van der Waals surface area contributed by atoms with Gasteiger partial charge in [0.2, 0.25) is 20.0 Å². The zero-order chi connectivity index (χ0) is 36.7. The van der Waals surface area contributed by atoms with E-state index in [9.17, 15) is 26.4 Å². The third-order valence-corrected chi connectivity index (χ3v) is 10.3. The summed E-state index contributed by atoms with van der Waals surface area (Å²) < 4.78 is 64.2. The van der Waals surface area contributed by atoms with Crippen LogP contribution in [0.4, 0.5) is 22.0 Å². The van der Waals surface area contributed by atoms with E-state index >= 15 is 0 Å². The number of anilines is 3. The van der Waals surface area contributed by atoms with Crippen LogP contribution in [0, 0.1) is 18.8 Å². The van der Waals surface area contributed by atoms with E-state index in [1.54, 1.807) is 45.9 Å². The molecule has 0 unspecified atom stereocenters. The molecule has 0 spiro atoms. The van der Waals surface area contributed by atoms with Gasteiger partial charge in [0.1, 0.15) is 11.4 Å². The van der Waals surface area contributed by atoms with Gasteiger partial charge in [-0.05, 0) is 64.1 Å². The summed E-state index contributed by atoms with van der Waals surface area (Å²) in [5.74, 6) is 5.61. The molecule has 0 saturated carbocycles. The van der Waals surface area contributed by atoms with Crippen molar-refractivity contribution in [1.29, 1.82) is 0 Å². The summed E-state index contributed by atoms with van der Waals surface area (Å²) in [6.45, 7) is 8.37. The monoisotopic (exact) mass is 727 g/mol. The molecule has 4 rings (SSSR count). The van der Waals surface area contributed by atoms with Crippen molar-refractivity contribution in [2.45, 2.75) is 38.2 Å². The second-order valence-corrected chi connectivity index (χ2v) is 16.2. The average Bonchev–Trinajstić information content (AvgIpc) is 3.05. The van der Waals surface area contributed by atoms with Crippen LogP contribution < -0.4 is 24.6 Å². The van der Waals surface area contributed by atoms with Crippen molar-refractivity contribution in [2.24, 2.45) is 0 Å². The summed E-state index contributed by atoms with van der Waals surface area (Å²) in [5, 5.41) is 5.24. The summed E-state index contributed by atoms with van der Waals surface area (Å²) >= 11 is 0. The van der Waals surface area contributed by atoms with Crippen LogP contribution in [0.1, 0.15) is 36.8 Å². The van der Waals surface area contributed by atoms with Crippen LogP contribution in [0.2, 0.25) is 0 Å². The number of hydrogen-bond acceptors (Lipinski definition) is 11. The number of rotatable bonds is 10. The highest BCUT2D eigenvalue weighted by atomic mass is 32.2. The van der Waals surface area contributed by atoms with E-state index in [0.717, 1.165) is 10.6 Å². The first-order chi connectivity index (χ1) is 23.4. The number of sulfonamides is 2. The van der Waals surface area contributed by atoms with E-state index in [1.165, 1.54) is 47.8 Å². The molecule has 0 radical (unpaired) electrons. The lowest BCUT2D eigenvalue weighted by molar-refractivity contribution is 0.0534. The summed E-state index contributed by atoms with van der Waals surface area (Å²) in [5.41, 5.74) is 0.762. The molecule has 1 aliphatic rings. The number of para-hydroxylation sites is 1. The first kappa shape index (κ1) is 37.9. The first-order valence-electron chi connectivity index (χ1n) is 15.5. The minimum atomic E-state index is -3.84. The lowest BCUT2D eigenvalue weighted by Crippen LogP contribution is -2.49. The van der Waals surface area contributed by atoms with Crippen LogP contribution in [0.25, 0.3) is 0 Å². The molecule has 17 heteroatoms. The molecule has 50 heavy (non-hydrogen) atoms. The van der Waals surface area contributed by atoms with Gasteiger partial charge < -0.3 is 25.0 Å². The number of benzene rings is 2. The molecular formula is C33H41N7O8S2. The molecule has 0 aliphatic carbocycles. The predicted octanol–water partition coefficient (Wildman–Crippen LogP) is 2.85. The summed E-state index contributed by atoms with van der Waals surface area (Å²) in [6, 6.07) is 14.0. The Balaban J connectivity index is 1.32. The maximum Gasteiger partial charge on any atom is 0.408 e. The number of hydrogen-bond donors (Lipinski definition) is 2. The summed E-state index contributed by atoms with van der Waals surface area (Å²) in [6.07, 6.45) is 0.480. The van der Waals surface area contributed by atoms with E-state index in [-0.39, 0.29) is 48.4 Å². The number of alkyl carbamates (subject to hydrolysis) is 1. The minimum absolute atomic E-state index is 0.00119. The van der Waals surface area contributed by atoms with Crippen LogP contribution in [-0.2, 0) is 24.8 Å². The fourth-order valence-electron chi connectivity index (χ4n) is 4.73. The molecule has 1 fully saturated rings. The van der Waals surface area contributed by atoms with Crippen LogP contribution >= 0.6 is 0 Å². The number of nitrogens with one attached hydrogen (secondary N) is 2. The molecule has 15 nitrogen and oxygen atoms in total. The number of carbonyl (C=O) groups excluding carboxylic acids is 2. The zero-order valence-electron chi connectivity index (χ0n) is 28.8. The number of ether oxygens (including phenoxy) is 2. The van der Waals surface area contributed by atoms with E-state index in [2.05, 4.69) is 32.4 Å². The number of aryl methyl sites for hydroxylation is 1. The Hall–Kier alpha value is -4.92. The minimum Gasteiger partial charge on any atom is -0.450 e. The number of carbonyl (C=O) groups is 2. The van der Waals surface area contributed by atoms with E-state index < -0.39 is 37.6 Å². The molecule has 1 aromatic heterocycles. The maximum absolute atomic E-state index is 13.5. The number of piperazine rings is 1. The van der Waals surface area contributed by atoms with Crippen molar-refractivity contribution in [3.8, 4) is 17.9 Å². The number of amides is 2. The molecule has 2 aromatic carbocycles. The molecule has 2 heterocycles. The Morgan fingerprint density at radius 2 is 1.62 bits per heavy atom. The largest absolute Gasteiger partial charge is 0.450 e. The van der Waals surface area contributed by atoms with Crippen molar-refractivity contribution in [3.63, 3.8) is 0 Å². The molecular weight excluding hydrogens is 687 g/mol. The molecule has 268 valence electrons. The third kappa shape index (κ3) is 10.3. The molecule has 1 saturated heterocycles. The van der Waals surface area contributed by atoms with E-state index in [4.69, 9.17) is 9.47 Å². The van der Waals surface area contributed by atoms with Gasteiger partial charge in [-0.2, -0.15) is 9.29 Å². The molecule has 1 aliphatic heterocycles. The highest BCUT2D eigenvalue weighted by Crippen LogP contribution is 2.25. The molecule has 0 atom stereocenters. The quantitative estimate of drug-likeness (QED) is 0.293. The van der Waals surface area contributed by atoms with Gasteiger partial charge in [-0.3, -0.25) is 9.10 Å². The second-order valence-electron chi connectivity index (χ2n) is 12.3. The Labute approximate surface area is 293 Å². The second kappa shape index (κ2) is 15.7. The smallest absolute Gasteiger partial charge is 0.408 e. The van der Waals surface area contributed by atoms with Gasteiger partial charge in [0, 0.05) is 50.7 Å². The summed E-state index contributed by atoms with van der Waals surface area (Å²) in [4.78, 5) is 35.5. The van der Waals surface area contributed by atoms with Crippen LogP contribution in [-0.4, -0.2) is 101 Å². The predicted molar refractivity (Wildman–Crippen MR) is 189 cm³/mol. The third-order valence-electron chi connectivity index (χ3n) is 7.24. The maximum atomic E-state index is 13.5. The van der Waals surface area contributed by atoms with Crippen molar-refractivity contribution >= 4 is 49.2 Å². The Morgan fingerprint density at radius 1 is 0.960 bits per heavy atom. The molecule has 3 aromatic rings. The van der Waals surface area contributed by atoms with Gasteiger partial charge in [-0.1, -0.05) is 24.0 Å². The van der Waals surface area contributed by atoms with Crippen molar-refractivity contribution in [1.82, 2.24) is 19.6 Å². The SMILES string of the molecule is Cc1cc(N2CCN(S(=O)(=O)c3ccc(NC(=O)c4ccccc4N(C)S(C)(=O)=O)cc3)CC2)nc(OCC#CCNC(=O)OC(C)(C)C)n1. The van der Waals surface area contributed by atoms with Crippen LogP contribution in [0.5, 0.6) is 6.01 Å². The summed E-state index contributed by atoms with van der Waals surface area (Å²) in [7, 11) is -6.08. The molecule has 0 bridgehead atoms. The fraction of sp³-hybridized carbons (Fsp3) is 0.394. The van der Waals surface area contributed by atoms with Crippen LogP contribution in [0.15, 0.2) is 59.5 Å².